The Morgan fingerprint density at radius 1 is 1.16 bits per heavy atom. The molecule has 1 aromatic rings. The number of rotatable bonds is 9. The molecule has 0 heterocycles. The molecule has 0 aliphatic rings. The van der Waals surface area contributed by atoms with Gasteiger partial charge < -0.3 is 10.6 Å². The zero-order chi connectivity index (χ0) is 13.9. The molecule has 0 spiro atoms. The zero-order valence-corrected chi connectivity index (χ0v) is 12.0. The van der Waals surface area contributed by atoms with Gasteiger partial charge in [-0.2, -0.15) is 0 Å². The summed E-state index contributed by atoms with van der Waals surface area (Å²) in [4.78, 5) is 13.7. The zero-order valence-electron chi connectivity index (χ0n) is 12.0. The molecule has 0 saturated heterocycles. The predicted octanol–water partition coefficient (Wildman–Crippen LogP) is 1.23. The van der Waals surface area contributed by atoms with E-state index in [9.17, 15) is 4.79 Å². The van der Waals surface area contributed by atoms with E-state index in [2.05, 4.69) is 29.7 Å². The standard InChI is InChI=1S/C15H25N3O/c1-3-9-16-10-11-17-15(19)13-18(2)12-14-7-5-4-6-8-14/h4-8,16H,3,9-13H2,1-2H3,(H,17,19). The van der Waals surface area contributed by atoms with Gasteiger partial charge in [-0.3, -0.25) is 9.69 Å². The van der Waals surface area contributed by atoms with Crippen molar-refractivity contribution in [2.45, 2.75) is 19.9 Å². The topological polar surface area (TPSA) is 44.4 Å². The highest BCUT2D eigenvalue weighted by Crippen LogP contribution is 2.01. The van der Waals surface area contributed by atoms with Crippen LogP contribution in [-0.4, -0.2) is 44.0 Å². The Bertz CT molecular complexity index is 354. The Morgan fingerprint density at radius 2 is 1.89 bits per heavy atom. The average Bonchev–Trinajstić information content (AvgIpc) is 2.39. The number of benzene rings is 1. The van der Waals surface area contributed by atoms with Crippen LogP contribution >= 0.6 is 0 Å². The smallest absolute Gasteiger partial charge is 0.234 e. The highest BCUT2D eigenvalue weighted by Gasteiger charge is 2.06. The molecule has 0 aliphatic heterocycles. The van der Waals surface area contributed by atoms with Crippen LogP contribution < -0.4 is 10.6 Å². The molecule has 0 radical (unpaired) electrons. The molecule has 1 aromatic carbocycles. The van der Waals surface area contributed by atoms with Crippen molar-refractivity contribution in [3.63, 3.8) is 0 Å². The lowest BCUT2D eigenvalue weighted by atomic mass is 10.2. The molecule has 0 unspecified atom stereocenters. The second-order valence-electron chi connectivity index (χ2n) is 4.76. The normalized spacial score (nSPS) is 10.7. The molecule has 0 bridgehead atoms. The van der Waals surface area contributed by atoms with E-state index in [0.29, 0.717) is 13.1 Å². The summed E-state index contributed by atoms with van der Waals surface area (Å²) in [7, 11) is 1.96. The summed E-state index contributed by atoms with van der Waals surface area (Å²) in [6, 6.07) is 10.2. The Hall–Kier alpha value is -1.39. The van der Waals surface area contributed by atoms with Gasteiger partial charge in [0, 0.05) is 19.6 Å². The average molecular weight is 263 g/mol. The van der Waals surface area contributed by atoms with E-state index in [-0.39, 0.29) is 5.91 Å². The van der Waals surface area contributed by atoms with Gasteiger partial charge in [0.05, 0.1) is 6.54 Å². The van der Waals surface area contributed by atoms with Crippen LogP contribution in [0, 0.1) is 0 Å². The van der Waals surface area contributed by atoms with Crippen molar-refractivity contribution in [2.75, 3.05) is 33.2 Å². The van der Waals surface area contributed by atoms with E-state index in [4.69, 9.17) is 0 Å². The number of carbonyl (C=O) groups is 1. The molecule has 1 amide bonds. The van der Waals surface area contributed by atoms with Crippen LogP contribution in [0.2, 0.25) is 0 Å². The summed E-state index contributed by atoms with van der Waals surface area (Å²) in [5.41, 5.74) is 1.22. The molecule has 0 aliphatic carbocycles. The Morgan fingerprint density at radius 3 is 2.58 bits per heavy atom. The lowest BCUT2D eigenvalue weighted by Crippen LogP contribution is -2.38. The van der Waals surface area contributed by atoms with Crippen molar-refractivity contribution in [2.24, 2.45) is 0 Å². The number of likely N-dealkylation sites (N-methyl/N-ethyl adjacent to an activating group) is 1. The van der Waals surface area contributed by atoms with Crippen LogP contribution in [0.5, 0.6) is 0 Å². The number of hydrogen-bond donors (Lipinski definition) is 2. The third-order valence-corrected chi connectivity index (χ3v) is 2.76. The Kier molecular flexibility index (Phi) is 7.86. The molecule has 2 N–H and O–H groups in total. The van der Waals surface area contributed by atoms with Gasteiger partial charge in [-0.25, -0.2) is 0 Å². The van der Waals surface area contributed by atoms with Crippen molar-refractivity contribution in [3.8, 4) is 0 Å². The van der Waals surface area contributed by atoms with Crippen LogP contribution in [0.4, 0.5) is 0 Å². The van der Waals surface area contributed by atoms with Crippen molar-refractivity contribution in [3.05, 3.63) is 35.9 Å². The van der Waals surface area contributed by atoms with Gasteiger partial charge in [-0.05, 0) is 25.6 Å². The summed E-state index contributed by atoms with van der Waals surface area (Å²) >= 11 is 0. The molecule has 0 saturated carbocycles. The maximum absolute atomic E-state index is 11.7. The lowest BCUT2D eigenvalue weighted by Gasteiger charge is -2.16. The van der Waals surface area contributed by atoms with E-state index >= 15 is 0 Å². The molecule has 0 aromatic heterocycles. The number of hydrogen-bond acceptors (Lipinski definition) is 3. The fraction of sp³-hybridized carbons (Fsp3) is 0.533. The number of nitrogens with zero attached hydrogens (tertiary/aromatic N) is 1. The molecule has 0 atom stereocenters. The van der Waals surface area contributed by atoms with Gasteiger partial charge in [0.2, 0.25) is 5.91 Å². The first-order valence-corrected chi connectivity index (χ1v) is 6.92. The number of amides is 1. The molecule has 19 heavy (non-hydrogen) atoms. The lowest BCUT2D eigenvalue weighted by molar-refractivity contribution is -0.122. The quantitative estimate of drug-likeness (QED) is 0.659. The van der Waals surface area contributed by atoms with E-state index in [1.807, 2.05) is 30.1 Å². The second kappa shape index (κ2) is 9.53. The Labute approximate surface area is 116 Å². The summed E-state index contributed by atoms with van der Waals surface area (Å²) in [5.74, 6) is 0.0803. The summed E-state index contributed by atoms with van der Waals surface area (Å²) in [5, 5.41) is 6.17. The molecular formula is C15H25N3O. The van der Waals surface area contributed by atoms with Crippen LogP contribution in [0.25, 0.3) is 0 Å². The van der Waals surface area contributed by atoms with Crippen LogP contribution in [0.3, 0.4) is 0 Å². The maximum Gasteiger partial charge on any atom is 0.234 e. The number of nitrogens with one attached hydrogen (secondary N) is 2. The maximum atomic E-state index is 11.7. The predicted molar refractivity (Wildman–Crippen MR) is 78.9 cm³/mol. The van der Waals surface area contributed by atoms with Gasteiger partial charge >= 0.3 is 0 Å². The van der Waals surface area contributed by atoms with Crippen LogP contribution in [0.15, 0.2) is 30.3 Å². The largest absolute Gasteiger partial charge is 0.354 e. The number of carbonyl (C=O) groups excluding carboxylic acids is 1. The van der Waals surface area contributed by atoms with Gasteiger partial charge in [0.15, 0.2) is 0 Å². The second-order valence-corrected chi connectivity index (χ2v) is 4.76. The fourth-order valence-electron chi connectivity index (χ4n) is 1.84. The molecule has 1 rings (SSSR count). The van der Waals surface area contributed by atoms with Gasteiger partial charge in [0.25, 0.3) is 0 Å². The minimum absolute atomic E-state index is 0.0803. The van der Waals surface area contributed by atoms with E-state index in [1.165, 1.54) is 5.56 Å². The highest BCUT2D eigenvalue weighted by molar-refractivity contribution is 5.77. The van der Waals surface area contributed by atoms with Crippen molar-refractivity contribution >= 4 is 5.91 Å². The molecule has 4 nitrogen and oxygen atoms in total. The minimum Gasteiger partial charge on any atom is -0.354 e. The highest BCUT2D eigenvalue weighted by atomic mass is 16.2. The van der Waals surface area contributed by atoms with Gasteiger partial charge in [-0.1, -0.05) is 37.3 Å². The summed E-state index contributed by atoms with van der Waals surface area (Å²) < 4.78 is 0. The van der Waals surface area contributed by atoms with Crippen molar-refractivity contribution < 1.29 is 4.79 Å². The van der Waals surface area contributed by atoms with E-state index in [1.54, 1.807) is 0 Å². The minimum atomic E-state index is 0.0803. The van der Waals surface area contributed by atoms with Crippen LogP contribution in [0.1, 0.15) is 18.9 Å². The Balaban J connectivity index is 2.14. The first-order valence-electron chi connectivity index (χ1n) is 6.92. The molecule has 0 fully saturated rings. The fourth-order valence-corrected chi connectivity index (χ4v) is 1.84. The monoisotopic (exact) mass is 263 g/mol. The molecule has 106 valence electrons. The van der Waals surface area contributed by atoms with Crippen LogP contribution in [-0.2, 0) is 11.3 Å². The third-order valence-electron chi connectivity index (χ3n) is 2.76. The molecule has 4 heteroatoms. The van der Waals surface area contributed by atoms with Crippen molar-refractivity contribution in [1.82, 2.24) is 15.5 Å². The first-order chi connectivity index (χ1) is 9.22. The van der Waals surface area contributed by atoms with E-state index in [0.717, 1.165) is 26.1 Å². The summed E-state index contributed by atoms with van der Waals surface area (Å²) in [6.45, 7) is 5.89. The third kappa shape index (κ3) is 7.59. The van der Waals surface area contributed by atoms with Gasteiger partial charge in [-0.15, -0.1) is 0 Å². The first kappa shape index (κ1) is 15.7. The van der Waals surface area contributed by atoms with E-state index < -0.39 is 0 Å². The SMILES string of the molecule is CCCNCCNC(=O)CN(C)Cc1ccccc1. The summed E-state index contributed by atoms with van der Waals surface area (Å²) in [6.07, 6.45) is 1.12. The van der Waals surface area contributed by atoms with Gasteiger partial charge in [0.1, 0.15) is 0 Å². The van der Waals surface area contributed by atoms with Crippen molar-refractivity contribution in [1.29, 1.82) is 0 Å². The molecular weight excluding hydrogens is 238 g/mol.